The van der Waals surface area contributed by atoms with Gasteiger partial charge in [-0.25, -0.2) is 4.39 Å². The van der Waals surface area contributed by atoms with Gasteiger partial charge < -0.3 is 5.32 Å². The molecule has 0 radical (unpaired) electrons. The van der Waals surface area contributed by atoms with Crippen LogP contribution in [0.15, 0.2) is 61.1 Å². The largest absolute Gasteiger partial charge is 0.351 e. The highest BCUT2D eigenvalue weighted by atomic mass is 19.1. The zero-order chi connectivity index (χ0) is 18.0. The van der Waals surface area contributed by atoms with Crippen LogP contribution in [0.2, 0.25) is 0 Å². The first-order chi connectivity index (χ1) is 12.7. The van der Waals surface area contributed by atoms with Gasteiger partial charge in [-0.1, -0.05) is 12.1 Å². The van der Waals surface area contributed by atoms with Crippen molar-refractivity contribution in [3.63, 3.8) is 0 Å². The van der Waals surface area contributed by atoms with Crippen LogP contribution in [0.25, 0.3) is 11.3 Å². The van der Waals surface area contributed by atoms with Crippen molar-refractivity contribution in [1.82, 2.24) is 20.1 Å². The maximum absolute atomic E-state index is 13.8. The molecule has 3 aromatic rings. The molecular weight excluding hydrogens is 331 g/mol. The third-order valence-electron chi connectivity index (χ3n) is 4.82. The molecule has 1 fully saturated rings. The zero-order valence-electron chi connectivity index (χ0n) is 14.2. The first kappa shape index (κ1) is 16.4. The number of halogens is 1. The molecule has 0 unspecified atom stereocenters. The van der Waals surface area contributed by atoms with Gasteiger partial charge in [-0.05, 0) is 43.2 Å². The lowest BCUT2D eigenvalue weighted by atomic mass is 10.1. The second-order valence-corrected chi connectivity index (χ2v) is 6.80. The number of hydrogen-bond acceptors (Lipinski definition) is 3. The number of hydrogen-bond donors (Lipinski definition) is 1. The minimum atomic E-state index is -0.376. The number of amides is 1. The highest BCUT2D eigenvalue weighted by Gasteiger charge is 2.43. The molecule has 132 valence electrons. The first-order valence-electron chi connectivity index (χ1n) is 8.62. The maximum atomic E-state index is 13.8. The van der Waals surface area contributed by atoms with Crippen LogP contribution in [0.3, 0.4) is 0 Å². The number of carbonyl (C=O) groups excluding carboxylic acids is 1. The fourth-order valence-corrected chi connectivity index (χ4v) is 3.05. The number of carbonyl (C=O) groups is 1. The Hall–Kier alpha value is -3.02. The molecule has 1 N–H and O–H groups in total. The van der Waals surface area contributed by atoms with E-state index < -0.39 is 0 Å². The summed E-state index contributed by atoms with van der Waals surface area (Å²) in [6.45, 7) is 1.44. The number of rotatable bonds is 6. The van der Waals surface area contributed by atoms with Gasteiger partial charge in [-0.3, -0.25) is 14.5 Å². The predicted molar refractivity (Wildman–Crippen MR) is 95.9 cm³/mol. The van der Waals surface area contributed by atoms with E-state index in [4.69, 9.17) is 0 Å². The molecule has 26 heavy (non-hydrogen) atoms. The molecule has 0 saturated heterocycles. The molecule has 1 aliphatic carbocycles. The lowest BCUT2D eigenvalue weighted by Crippen LogP contribution is -2.32. The van der Waals surface area contributed by atoms with Crippen LogP contribution >= 0.6 is 0 Å². The SMILES string of the molecule is O=C(NCC1(Cn2cccn2)CC1)c1ccc(-c2ncccc2F)cc1. The Balaban J connectivity index is 1.39. The molecule has 1 amide bonds. The minimum Gasteiger partial charge on any atom is -0.351 e. The Kier molecular flexibility index (Phi) is 4.24. The van der Waals surface area contributed by atoms with E-state index in [0.717, 1.165) is 19.4 Å². The summed E-state index contributed by atoms with van der Waals surface area (Å²) >= 11 is 0. The maximum Gasteiger partial charge on any atom is 0.251 e. The summed E-state index contributed by atoms with van der Waals surface area (Å²) in [6.07, 6.45) is 7.43. The highest BCUT2D eigenvalue weighted by Crippen LogP contribution is 2.46. The number of aromatic nitrogens is 3. The monoisotopic (exact) mass is 350 g/mol. The van der Waals surface area contributed by atoms with Crippen molar-refractivity contribution in [2.45, 2.75) is 19.4 Å². The third kappa shape index (κ3) is 3.49. The van der Waals surface area contributed by atoms with E-state index in [1.165, 1.54) is 6.07 Å². The summed E-state index contributed by atoms with van der Waals surface area (Å²) in [5, 5.41) is 7.25. The molecule has 1 aromatic carbocycles. The third-order valence-corrected chi connectivity index (χ3v) is 4.82. The van der Waals surface area contributed by atoms with Crippen LogP contribution in [0, 0.1) is 11.2 Å². The van der Waals surface area contributed by atoms with Gasteiger partial charge in [0.15, 0.2) is 0 Å². The van der Waals surface area contributed by atoms with Crippen molar-refractivity contribution in [2.75, 3.05) is 6.54 Å². The summed E-state index contributed by atoms with van der Waals surface area (Å²) in [4.78, 5) is 16.5. The summed E-state index contributed by atoms with van der Waals surface area (Å²) in [6, 6.07) is 11.7. The Morgan fingerprint density at radius 2 is 1.96 bits per heavy atom. The highest BCUT2D eigenvalue weighted by molar-refractivity contribution is 5.94. The van der Waals surface area contributed by atoms with Gasteiger partial charge in [0.05, 0.1) is 0 Å². The molecule has 1 saturated carbocycles. The number of benzene rings is 1. The van der Waals surface area contributed by atoms with Gasteiger partial charge in [-0.15, -0.1) is 0 Å². The van der Waals surface area contributed by atoms with Gasteiger partial charge >= 0.3 is 0 Å². The van der Waals surface area contributed by atoms with Crippen LogP contribution in [0.1, 0.15) is 23.2 Å². The zero-order valence-corrected chi connectivity index (χ0v) is 14.2. The van der Waals surface area contributed by atoms with Crippen LogP contribution in [-0.2, 0) is 6.54 Å². The normalized spacial score (nSPS) is 14.8. The van der Waals surface area contributed by atoms with E-state index in [9.17, 15) is 9.18 Å². The van der Waals surface area contributed by atoms with Gasteiger partial charge in [0.1, 0.15) is 11.5 Å². The van der Waals surface area contributed by atoms with Crippen molar-refractivity contribution < 1.29 is 9.18 Å². The average molecular weight is 350 g/mol. The lowest BCUT2D eigenvalue weighted by molar-refractivity contribution is 0.0942. The minimum absolute atomic E-state index is 0.110. The van der Waals surface area contributed by atoms with E-state index in [2.05, 4.69) is 15.4 Å². The van der Waals surface area contributed by atoms with Crippen LogP contribution in [-0.4, -0.2) is 27.2 Å². The number of nitrogens with zero attached hydrogens (tertiary/aromatic N) is 3. The number of pyridine rings is 1. The van der Waals surface area contributed by atoms with Crippen LogP contribution in [0.4, 0.5) is 4.39 Å². The summed E-state index contributed by atoms with van der Waals surface area (Å²) in [5.41, 5.74) is 1.60. The summed E-state index contributed by atoms with van der Waals surface area (Å²) in [5.74, 6) is -0.496. The molecule has 5 nitrogen and oxygen atoms in total. The van der Waals surface area contributed by atoms with Crippen molar-refractivity contribution in [3.05, 3.63) is 72.4 Å². The van der Waals surface area contributed by atoms with E-state index in [0.29, 0.717) is 17.7 Å². The Morgan fingerprint density at radius 1 is 1.15 bits per heavy atom. The first-order valence-corrected chi connectivity index (χ1v) is 8.62. The van der Waals surface area contributed by atoms with E-state index in [1.54, 1.807) is 42.7 Å². The van der Waals surface area contributed by atoms with Gasteiger partial charge in [0, 0.05) is 48.2 Å². The molecule has 0 aliphatic heterocycles. The molecule has 2 aromatic heterocycles. The Labute approximate surface area is 150 Å². The Morgan fingerprint density at radius 3 is 2.62 bits per heavy atom. The lowest BCUT2D eigenvalue weighted by Gasteiger charge is -2.16. The summed E-state index contributed by atoms with van der Waals surface area (Å²) < 4.78 is 15.7. The van der Waals surface area contributed by atoms with Gasteiger partial charge in [-0.2, -0.15) is 5.10 Å². The van der Waals surface area contributed by atoms with E-state index in [-0.39, 0.29) is 22.8 Å². The standard InChI is InChI=1S/C20H19FN4O/c21-17-3-1-10-22-18(17)15-4-6-16(7-5-15)19(26)23-13-20(8-9-20)14-25-12-2-11-24-25/h1-7,10-12H,8-9,13-14H2,(H,23,26). The van der Waals surface area contributed by atoms with Crippen molar-refractivity contribution in [2.24, 2.45) is 5.41 Å². The summed E-state index contributed by atoms with van der Waals surface area (Å²) in [7, 11) is 0. The second kappa shape index (κ2) is 6.71. The molecule has 0 bridgehead atoms. The quantitative estimate of drug-likeness (QED) is 0.742. The average Bonchev–Trinajstić information content (AvgIpc) is 3.23. The molecule has 0 atom stereocenters. The Bertz CT molecular complexity index is 902. The number of nitrogens with one attached hydrogen (secondary N) is 1. The van der Waals surface area contributed by atoms with Crippen LogP contribution in [0.5, 0.6) is 0 Å². The van der Waals surface area contributed by atoms with Gasteiger partial charge in [0.25, 0.3) is 5.91 Å². The molecule has 1 aliphatic rings. The fraction of sp³-hybridized carbons (Fsp3) is 0.250. The fourth-order valence-electron chi connectivity index (χ4n) is 3.05. The van der Waals surface area contributed by atoms with Crippen LogP contribution < -0.4 is 5.32 Å². The van der Waals surface area contributed by atoms with Crippen molar-refractivity contribution in [3.8, 4) is 11.3 Å². The molecular formula is C20H19FN4O. The smallest absolute Gasteiger partial charge is 0.251 e. The van der Waals surface area contributed by atoms with E-state index in [1.807, 2.05) is 16.9 Å². The predicted octanol–water partition coefficient (Wildman–Crippen LogP) is 3.29. The van der Waals surface area contributed by atoms with E-state index >= 15 is 0 Å². The second-order valence-electron chi connectivity index (χ2n) is 6.80. The van der Waals surface area contributed by atoms with Crippen molar-refractivity contribution >= 4 is 5.91 Å². The molecule has 4 rings (SSSR count). The van der Waals surface area contributed by atoms with Gasteiger partial charge in [0.2, 0.25) is 0 Å². The molecule has 0 spiro atoms. The van der Waals surface area contributed by atoms with Crippen molar-refractivity contribution in [1.29, 1.82) is 0 Å². The molecule has 6 heteroatoms. The topological polar surface area (TPSA) is 59.8 Å². The molecule has 2 heterocycles.